The molecule has 0 N–H and O–H groups in total. The number of benzene rings is 2. The summed E-state index contributed by atoms with van der Waals surface area (Å²) in [6.45, 7) is 3.75. The number of azo groups is 1. The van der Waals surface area contributed by atoms with E-state index in [-0.39, 0.29) is 5.97 Å². The fourth-order valence-electron chi connectivity index (χ4n) is 1.71. The van der Waals surface area contributed by atoms with Crippen LogP contribution in [0.5, 0.6) is 5.75 Å². The Bertz CT molecular complexity index is 624. The van der Waals surface area contributed by atoms with Crippen molar-refractivity contribution in [2.75, 3.05) is 6.61 Å². The van der Waals surface area contributed by atoms with Gasteiger partial charge >= 0.3 is 5.97 Å². The monoisotopic (exact) mass is 298 g/mol. The average molecular weight is 298 g/mol. The van der Waals surface area contributed by atoms with Crippen LogP contribution >= 0.6 is 0 Å². The summed E-state index contributed by atoms with van der Waals surface area (Å²) >= 11 is 0. The lowest BCUT2D eigenvalue weighted by Gasteiger charge is -2.13. The molecule has 5 nitrogen and oxygen atoms in total. The lowest BCUT2D eigenvalue weighted by Crippen LogP contribution is -2.25. The molecule has 0 fully saturated rings. The van der Waals surface area contributed by atoms with Gasteiger partial charge in [-0.1, -0.05) is 18.2 Å². The minimum absolute atomic E-state index is 0.339. The number of carbonyl (C=O) groups excluding carboxylic acids is 1. The van der Waals surface area contributed by atoms with Gasteiger partial charge in [0.05, 0.1) is 18.0 Å². The second-order valence-corrected chi connectivity index (χ2v) is 4.54. The fourth-order valence-corrected chi connectivity index (χ4v) is 1.71. The SMILES string of the molecule is CCOC(=O)C(C)Oc1ccc(N=Nc2ccccc2)cc1. The molecular formula is C17H18N2O3. The van der Waals surface area contributed by atoms with Crippen LogP contribution in [0.15, 0.2) is 64.8 Å². The molecule has 2 aromatic carbocycles. The quantitative estimate of drug-likeness (QED) is 0.585. The van der Waals surface area contributed by atoms with Gasteiger partial charge < -0.3 is 9.47 Å². The maximum atomic E-state index is 11.5. The minimum atomic E-state index is -0.642. The highest BCUT2D eigenvalue weighted by molar-refractivity contribution is 5.74. The first kappa shape index (κ1) is 15.7. The van der Waals surface area contributed by atoms with Crippen molar-refractivity contribution in [3.05, 3.63) is 54.6 Å². The van der Waals surface area contributed by atoms with E-state index in [9.17, 15) is 4.79 Å². The lowest BCUT2D eigenvalue weighted by molar-refractivity contribution is -0.150. The molecule has 2 aromatic rings. The zero-order chi connectivity index (χ0) is 15.8. The second kappa shape index (κ2) is 7.93. The molecule has 5 heteroatoms. The Labute approximate surface area is 129 Å². The number of hydrogen-bond acceptors (Lipinski definition) is 5. The molecule has 2 rings (SSSR count). The molecule has 0 aliphatic carbocycles. The predicted octanol–water partition coefficient (Wildman–Crippen LogP) is 4.43. The third-order valence-electron chi connectivity index (χ3n) is 2.81. The molecular weight excluding hydrogens is 280 g/mol. The van der Waals surface area contributed by atoms with Gasteiger partial charge in [0.2, 0.25) is 0 Å². The number of esters is 1. The van der Waals surface area contributed by atoms with Crippen LogP contribution in [-0.4, -0.2) is 18.7 Å². The zero-order valence-corrected chi connectivity index (χ0v) is 12.6. The van der Waals surface area contributed by atoms with Gasteiger partial charge in [0.25, 0.3) is 0 Å². The van der Waals surface area contributed by atoms with Crippen LogP contribution in [0.1, 0.15) is 13.8 Å². The number of rotatable bonds is 6. The van der Waals surface area contributed by atoms with Gasteiger partial charge in [0.15, 0.2) is 6.10 Å². The van der Waals surface area contributed by atoms with Gasteiger partial charge in [-0.05, 0) is 50.2 Å². The van der Waals surface area contributed by atoms with Gasteiger partial charge in [-0.3, -0.25) is 0 Å². The van der Waals surface area contributed by atoms with Crippen LogP contribution < -0.4 is 4.74 Å². The normalized spacial score (nSPS) is 12.1. The van der Waals surface area contributed by atoms with E-state index in [4.69, 9.17) is 9.47 Å². The van der Waals surface area contributed by atoms with Crippen molar-refractivity contribution in [3.8, 4) is 5.75 Å². The smallest absolute Gasteiger partial charge is 0.347 e. The summed E-state index contributed by atoms with van der Waals surface area (Å²) in [6, 6.07) is 16.5. The van der Waals surface area contributed by atoms with Gasteiger partial charge in [-0.25, -0.2) is 4.79 Å². The van der Waals surface area contributed by atoms with Crippen molar-refractivity contribution in [1.29, 1.82) is 0 Å². The molecule has 0 bridgehead atoms. The zero-order valence-electron chi connectivity index (χ0n) is 12.6. The molecule has 0 amide bonds. The third kappa shape index (κ3) is 4.70. The average Bonchev–Trinajstić information content (AvgIpc) is 2.55. The van der Waals surface area contributed by atoms with E-state index in [1.165, 1.54) is 0 Å². The minimum Gasteiger partial charge on any atom is -0.479 e. The Morgan fingerprint density at radius 1 is 1.00 bits per heavy atom. The van der Waals surface area contributed by atoms with Crippen molar-refractivity contribution in [1.82, 2.24) is 0 Å². The van der Waals surface area contributed by atoms with Crippen LogP contribution in [0, 0.1) is 0 Å². The standard InChI is InChI=1S/C17H18N2O3/c1-3-21-17(20)13(2)22-16-11-9-15(10-12-16)19-18-14-7-5-4-6-8-14/h4-13H,3H2,1-2H3. The fraction of sp³-hybridized carbons (Fsp3) is 0.235. The Hall–Kier alpha value is -2.69. The Kier molecular flexibility index (Phi) is 5.65. The van der Waals surface area contributed by atoms with Gasteiger partial charge in [0, 0.05) is 0 Å². The summed E-state index contributed by atoms with van der Waals surface area (Å²) in [5.74, 6) is 0.203. The van der Waals surface area contributed by atoms with Gasteiger partial charge in [0.1, 0.15) is 5.75 Å². The Morgan fingerprint density at radius 3 is 2.18 bits per heavy atom. The molecule has 0 aromatic heterocycles. The molecule has 0 aliphatic rings. The van der Waals surface area contributed by atoms with Crippen LogP contribution in [0.3, 0.4) is 0 Å². The summed E-state index contributed by atoms with van der Waals surface area (Å²) in [4.78, 5) is 11.5. The maximum absolute atomic E-state index is 11.5. The van der Waals surface area contributed by atoms with Crippen molar-refractivity contribution < 1.29 is 14.3 Å². The summed E-state index contributed by atoms with van der Waals surface area (Å²) in [6.07, 6.45) is -0.642. The first-order chi connectivity index (χ1) is 10.7. The van der Waals surface area contributed by atoms with Crippen molar-refractivity contribution in [2.24, 2.45) is 10.2 Å². The van der Waals surface area contributed by atoms with Gasteiger partial charge in [-0.15, -0.1) is 0 Å². The highest BCUT2D eigenvalue weighted by Crippen LogP contribution is 2.21. The molecule has 0 spiro atoms. The second-order valence-electron chi connectivity index (χ2n) is 4.54. The van der Waals surface area contributed by atoms with Crippen molar-refractivity contribution in [3.63, 3.8) is 0 Å². The molecule has 1 atom stereocenters. The lowest BCUT2D eigenvalue weighted by atomic mass is 10.3. The van der Waals surface area contributed by atoms with E-state index in [0.29, 0.717) is 18.0 Å². The van der Waals surface area contributed by atoms with E-state index in [1.54, 1.807) is 38.1 Å². The van der Waals surface area contributed by atoms with Crippen molar-refractivity contribution in [2.45, 2.75) is 20.0 Å². The van der Waals surface area contributed by atoms with E-state index in [2.05, 4.69) is 10.2 Å². The topological polar surface area (TPSA) is 60.2 Å². The third-order valence-corrected chi connectivity index (χ3v) is 2.81. The van der Waals surface area contributed by atoms with E-state index in [1.807, 2.05) is 30.3 Å². The molecule has 0 radical (unpaired) electrons. The molecule has 114 valence electrons. The van der Waals surface area contributed by atoms with Crippen LogP contribution in [0.2, 0.25) is 0 Å². The molecule has 1 unspecified atom stereocenters. The highest BCUT2D eigenvalue weighted by Gasteiger charge is 2.15. The van der Waals surface area contributed by atoms with Gasteiger partial charge in [-0.2, -0.15) is 10.2 Å². The Morgan fingerprint density at radius 2 is 1.59 bits per heavy atom. The summed E-state index contributed by atoms with van der Waals surface area (Å²) < 4.78 is 10.4. The van der Waals surface area contributed by atoms with E-state index < -0.39 is 6.10 Å². The number of nitrogens with zero attached hydrogens (tertiary/aromatic N) is 2. The molecule has 0 saturated carbocycles. The number of hydrogen-bond donors (Lipinski definition) is 0. The Balaban J connectivity index is 1.96. The maximum Gasteiger partial charge on any atom is 0.347 e. The molecule has 0 aliphatic heterocycles. The van der Waals surface area contributed by atoms with E-state index in [0.717, 1.165) is 5.69 Å². The van der Waals surface area contributed by atoms with Crippen LogP contribution in [0.25, 0.3) is 0 Å². The molecule has 0 saturated heterocycles. The first-order valence-electron chi connectivity index (χ1n) is 7.09. The molecule has 22 heavy (non-hydrogen) atoms. The summed E-state index contributed by atoms with van der Waals surface area (Å²) in [5, 5.41) is 8.27. The number of ether oxygens (including phenoxy) is 2. The van der Waals surface area contributed by atoms with E-state index >= 15 is 0 Å². The predicted molar refractivity (Wildman–Crippen MR) is 83.8 cm³/mol. The van der Waals surface area contributed by atoms with Crippen LogP contribution in [0.4, 0.5) is 11.4 Å². The summed E-state index contributed by atoms with van der Waals surface area (Å²) in [5.41, 5.74) is 1.50. The molecule has 0 heterocycles. The van der Waals surface area contributed by atoms with Crippen molar-refractivity contribution >= 4 is 17.3 Å². The summed E-state index contributed by atoms with van der Waals surface area (Å²) in [7, 11) is 0. The van der Waals surface area contributed by atoms with Crippen LogP contribution in [-0.2, 0) is 9.53 Å². The number of carbonyl (C=O) groups is 1. The first-order valence-corrected chi connectivity index (χ1v) is 7.09. The highest BCUT2D eigenvalue weighted by atomic mass is 16.6. The largest absolute Gasteiger partial charge is 0.479 e.